The molecule has 1 unspecified atom stereocenters. The first-order valence-corrected chi connectivity index (χ1v) is 12.5. The summed E-state index contributed by atoms with van der Waals surface area (Å²) in [4.78, 5) is 0. The average Bonchev–Trinajstić information content (AvgIpc) is 2.66. The van der Waals surface area contributed by atoms with E-state index in [0.717, 1.165) is 23.6 Å². The van der Waals surface area contributed by atoms with Crippen molar-refractivity contribution >= 4 is 26.0 Å². The summed E-state index contributed by atoms with van der Waals surface area (Å²) in [6, 6.07) is 11.3. The lowest BCUT2D eigenvalue weighted by atomic mass is 10.0. The third-order valence-corrected chi connectivity index (χ3v) is 5.54. The van der Waals surface area contributed by atoms with Crippen LogP contribution in [-0.4, -0.2) is 21.3 Å². The normalized spacial score (nSPS) is 12.7. The van der Waals surface area contributed by atoms with E-state index < -0.39 is 22.0 Å². The molecule has 160 valence electrons. The Kier molecular flexibility index (Phi) is 9.59. The molecule has 2 rings (SSSR count). The van der Waals surface area contributed by atoms with Gasteiger partial charge in [-0.3, -0.25) is 4.18 Å². The van der Waals surface area contributed by atoms with Crippen LogP contribution < -0.4 is 4.74 Å². The number of hydrogen-bond acceptors (Lipinski definition) is 4. The highest BCUT2D eigenvalue weighted by atomic mass is 79.9. The van der Waals surface area contributed by atoms with Gasteiger partial charge in [-0.05, 0) is 36.2 Å². The Hall–Kier alpha value is -1.44. The Balaban J connectivity index is 2.07. The van der Waals surface area contributed by atoms with E-state index in [4.69, 9.17) is 8.92 Å². The molecule has 0 saturated carbocycles. The van der Waals surface area contributed by atoms with Crippen molar-refractivity contribution in [3.63, 3.8) is 0 Å². The fraction of sp³-hybridized carbons (Fsp3) is 0.455. The third kappa shape index (κ3) is 8.44. The molecule has 0 aliphatic heterocycles. The molecule has 0 N–H and O–H groups in total. The zero-order valence-electron chi connectivity index (χ0n) is 16.9. The molecule has 4 nitrogen and oxygen atoms in total. The van der Waals surface area contributed by atoms with Gasteiger partial charge in [0.2, 0.25) is 0 Å². The van der Waals surface area contributed by atoms with Crippen molar-refractivity contribution in [3.05, 3.63) is 63.9 Å². The highest BCUT2D eigenvalue weighted by molar-refractivity contribution is 9.10. The first-order chi connectivity index (χ1) is 13.8. The van der Waals surface area contributed by atoms with Crippen LogP contribution in [0.5, 0.6) is 5.75 Å². The van der Waals surface area contributed by atoms with Crippen LogP contribution in [0.25, 0.3) is 0 Å². The van der Waals surface area contributed by atoms with Crippen molar-refractivity contribution in [2.75, 3.05) is 12.9 Å². The smallest absolute Gasteiger partial charge is 0.265 e. The number of unbranched alkanes of at least 4 members (excludes halogenated alkanes) is 5. The van der Waals surface area contributed by atoms with Crippen LogP contribution in [-0.2, 0) is 14.3 Å². The van der Waals surface area contributed by atoms with Gasteiger partial charge in [0.15, 0.2) is 0 Å². The van der Waals surface area contributed by atoms with E-state index in [2.05, 4.69) is 22.9 Å². The summed E-state index contributed by atoms with van der Waals surface area (Å²) in [5.74, 6) is -0.143. The second-order valence-electron chi connectivity index (χ2n) is 7.03. The molecule has 1 atom stereocenters. The van der Waals surface area contributed by atoms with Crippen molar-refractivity contribution in [1.82, 2.24) is 0 Å². The molecule has 0 aromatic heterocycles. The number of ether oxygens (including phenoxy) is 1. The van der Waals surface area contributed by atoms with Crippen LogP contribution in [0.1, 0.15) is 62.7 Å². The summed E-state index contributed by atoms with van der Waals surface area (Å²) >= 11 is 3.33. The van der Waals surface area contributed by atoms with E-state index in [0.29, 0.717) is 17.9 Å². The van der Waals surface area contributed by atoms with E-state index in [1.807, 2.05) is 0 Å². The molecule has 0 radical (unpaired) electrons. The second-order valence-corrected chi connectivity index (χ2v) is 9.55. The quantitative estimate of drug-likeness (QED) is 0.257. The summed E-state index contributed by atoms with van der Waals surface area (Å²) in [6.45, 7) is 2.71. The van der Waals surface area contributed by atoms with E-state index >= 15 is 0 Å². The van der Waals surface area contributed by atoms with Gasteiger partial charge < -0.3 is 4.74 Å². The van der Waals surface area contributed by atoms with Crippen molar-refractivity contribution in [2.45, 2.75) is 51.6 Å². The second kappa shape index (κ2) is 11.7. The summed E-state index contributed by atoms with van der Waals surface area (Å²) in [5, 5.41) is 0. The number of halogens is 2. The molecule has 2 aromatic carbocycles. The Morgan fingerprint density at radius 3 is 2.28 bits per heavy atom. The standard InChI is InChI=1S/C22H28BrFO4S/c1-3-4-5-6-7-8-15-27-19-13-14-20(21(24)16-19)22(28-29(2,25)26)17-9-11-18(23)12-10-17/h9-14,16,22H,3-8,15H2,1-2H3. The van der Waals surface area contributed by atoms with Crippen molar-refractivity contribution in [1.29, 1.82) is 0 Å². The highest BCUT2D eigenvalue weighted by Gasteiger charge is 2.23. The lowest BCUT2D eigenvalue weighted by Crippen LogP contribution is -2.13. The van der Waals surface area contributed by atoms with Gasteiger partial charge in [0.1, 0.15) is 17.7 Å². The number of rotatable bonds is 12. The maximum atomic E-state index is 14.8. The first kappa shape index (κ1) is 23.8. The molecule has 7 heteroatoms. The van der Waals surface area contributed by atoms with Crippen molar-refractivity contribution in [3.8, 4) is 5.75 Å². The Labute approximate surface area is 181 Å². The van der Waals surface area contributed by atoms with Gasteiger partial charge in [0.05, 0.1) is 12.9 Å². The molecule has 0 spiro atoms. The average molecular weight is 487 g/mol. The summed E-state index contributed by atoms with van der Waals surface area (Å²) in [6.07, 6.45) is 6.79. The predicted octanol–water partition coefficient (Wildman–Crippen LogP) is 6.39. The van der Waals surface area contributed by atoms with E-state index in [1.165, 1.54) is 37.8 Å². The van der Waals surface area contributed by atoms with Crippen LogP contribution in [0.15, 0.2) is 46.9 Å². The van der Waals surface area contributed by atoms with Gasteiger partial charge in [0.25, 0.3) is 10.1 Å². The van der Waals surface area contributed by atoms with E-state index in [9.17, 15) is 12.8 Å². The summed E-state index contributed by atoms with van der Waals surface area (Å²) in [7, 11) is -3.79. The largest absolute Gasteiger partial charge is 0.493 e. The van der Waals surface area contributed by atoms with Crippen LogP contribution >= 0.6 is 15.9 Å². The van der Waals surface area contributed by atoms with Gasteiger partial charge in [-0.15, -0.1) is 0 Å². The molecule has 0 saturated heterocycles. The molecule has 0 aliphatic rings. The minimum atomic E-state index is -3.79. The fourth-order valence-corrected chi connectivity index (χ4v) is 3.81. The Morgan fingerprint density at radius 1 is 1.00 bits per heavy atom. The predicted molar refractivity (Wildman–Crippen MR) is 117 cm³/mol. The fourth-order valence-electron chi connectivity index (χ4n) is 2.98. The number of benzene rings is 2. The molecule has 0 amide bonds. The molecule has 2 aromatic rings. The molecule has 0 aliphatic carbocycles. The lowest BCUT2D eigenvalue weighted by Gasteiger charge is -2.18. The zero-order chi connectivity index (χ0) is 21.3. The minimum Gasteiger partial charge on any atom is -0.493 e. The highest BCUT2D eigenvalue weighted by Crippen LogP contribution is 2.32. The van der Waals surface area contributed by atoms with Crippen LogP contribution in [0.2, 0.25) is 0 Å². The maximum absolute atomic E-state index is 14.8. The van der Waals surface area contributed by atoms with Gasteiger partial charge in [-0.1, -0.05) is 67.1 Å². The van der Waals surface area contributed by atoms with Crippen LogP contribution in [0.4, 0.5) is 4.39 Å². The van der Waals surface area contributed by atoms with Crippen LogP contribution in [0.3, 0.4) is 0 Å². The summed E-state index contributed by atoms with van der Waals surface area (Å²) in [5.41, 5.74) is 0.683. The minimum absolute atomic E-state index is 0.143. The monoisotopic (exact) mass is 486 g/mol. The molecule has 0 heterocycles. The SMILES string of the molecule is CCCCCCCCOc1ccc(C(OS(C)(=O)=O)c2ccc(Br)cc2)c(F)c1. The van der Waals surface area contributed by atoms with Gasteiger partial charge >= 0.3 is 0 Å². The van der Waals surface area contributed by atoms with Gasteiger partial charge in [0, 0.05) is 16.1 Å². The maximum Gasteiger partial charge on any atom is 0.265 e. The van der Waals surface area contributed by atoms with Crippen molar-refractivity contribution < 1.29 is 21.7 Å². The van der Waals surface area contributed by atoms with Gasteiger partial charge in [-0.25, -0.2) is 4.39 Å². The van der Waals surface area contributed by atoms with E-state index in [-0.39, 0.29) is 5.56 Å². The van der Waals surface area contributed by atoms with Crippen LogP contribution in [0, 0.1) is 5.82 Å². The first-order valence-electron chi connectivity index (χ1n) is 9.86. The van der Waals surface area contributed by atoms with Crippen molar-refractivity contribution in [2.24, 2.45) is 0 Å². The molecular weight excluding hydrogens is 459 g/mol. The molecular formula is C22H28BrFO4S. The topological polar surface area (TPSA) is 52.6 Å². The molecule has 29 heavy (non-hydrogen) atoms. The molecule has 0 bridgehead atoms. The summed E-state index contributed by atoms with van der Waals surface area (Å²) < 4.78 is 49.9. The lowest BCUT2D eigenvalue weighted by molar-refractivity contribution is 0.250. The Morgan fingerprint density at radius 2 is 1.66 bits per heavy atom. The Bertz CT molecular complexity index is 869. The van der Waals surface area contributed by atoms with E-state index in [1.54, 1.807) is 30.3 Å². The zero-order valence-corrected chi connectivity index (χ0v) is 19.3. The third-order valence-electron chi connectivity index (χ3n) is 4.46. The number of hydrogen-bond donors (Lipinski definition) is 0. The van der Waals surface area contributed by atoms with Gasteiger partial charge in [-0.2, -0.15) is 8.42 Å². The molecule has 0 fully saturated rings.